The number of H-pyrrole nitrogens is 2. The van der Waals surface area contributed by atoms with Crippen molar-refractivity contribution in [2.45, 2.75) is 39.8 Å². The van der Waals surface area contributed by atoms with Gasteiger partial charge in [-0.05, 0) is 52.0 Å². The minimum absolute atomic E-state index is 0.0270. The van der Waals surface area contributed by atoms with Gasteiger partial charge in [0.25, 0.3) is 5.91 Å². The number of hydrogen-bond acceptors (Lipinski definition) is 6. The van der Waals surface area contributed by atoms with Crippen molar-refractivity contribution in [2.75, 3.05) is 5.32 Å². The molecule has 1 unspecified atom stereocenters. The summed E-state index contributed by atoms with van der Waals surface area (Å²) in [5.41, 5.74) is 4.70. The number of ether oxygens (including phenoxy) is 1. The fourth-order valence-corrected chi connectivity index (χ4v) is 4.07. The van der Waals surface area contributed by atoms with Gasteiger partial charge in [0, 0.05) is 17.3 Å². The van der Waals surface area contributed by atoms with Crippen LogP contribution in [0.4, 0.5) is 5.69 Å². The number of carbonyl (C=O) groups excluding carboxylic acids is 2. The number of carbonyl (C=O) groups is 2. The SMILES string of the molecule is Cc1ccc(-c2cc(C(=O)OC(C)C(=O)Nc3ccc4[nH]c(=O)[nH]c4c3)c3cnn(C(C)C)c3n2)cc1. The fourth-order valence-electron chi connectivity index (χ4n) is 4.07. The normalized spacial score (nSPS) is 12.2. The van der Waals surface area contributed by atoms with Gasteiger partial charge < -0.3 is 20.0 Å². The molecule has 0 saturated heterocycles. The molecule has 10 nitrogen and oxygen atoms in total. The molecule has 1 amide bonds. The Kier molecular flexibility index (Phi) is 6.08. The van der Waals surface area contributed by atoms with Crippen molar-refractivity contribution in [3.05, 3.63) is 76.3 Å². The number of amides is 1. The van der Waals surface area contributed by atoms with Gasteiger partial charge in [0.15, 0.2) is 11.8 Å². The molecule has 3 N–H and O–H groups in total. The first-order chi connectivity index (χ1) is 17.7. The lowest BCUT2D eigenvalue weighted by Crippen LogP contribution is -2.30. The topological polar surface area (TPSA) is 135 Å². The highest BCUT2D eigenvalue weighted by molar-refractivity contribution is 6.05. The average molecular weight is 499 g/mol. The van der Waals surface area contributed by atoms with Crippen LogP contribution in [-0.2, 0) is 9.53 Å². The summed E-state index contributed by atoms with van der Waals surface area (Å²) < 4.78 is 7.32. The van der Waals surface area contributed by atoms with Gasteiger partial charge in [-0.15, -0.1) is 0 Å². The van der Waals surface area contributed by atoms with E-state index < -0.39 is 18.0 Å². The van der Waals surface area contributed by atoms with E-state index in [-0.39, 0.29) is 17.3 Å². The number of fused-ring (bicyclic) bond motifs is 2. The highest BCUT2D eigenvalue weighted by Gasteiger charge is 2.24. The van der Waals surface area contributed by atoms with Crippen molar-refractivity contribution in [2.24, 2.45) is 0 Å². The number of nitrogens with one attached hydrogen (secondary N) is 3. The molecule has 10 heteroatoms. The molecule has 0 bridgehead atoms. The van der Waals surface area contributed by atoms with Crippen molar-refractivity contribution in [3.8, 4) is 11.3 Å². The predicted molar refractivity (Wildman–Crippen MR) is 141 cm³/mol. The quantitative estimate of drug-likeness (QED) is 0.298. The number of esters is 1. The van der Waals surface area contributed by atoms with E-state index in [2.05, 4.69) is 20.4 Å². The van der Waals surface area contributed by atoms with E-state index in [4.69, 9.17) is 9.72 Å². The monoisotopic (exact) mass is 498 g/mol. The Labute approximate surface area is 211 Å². The minimum Gasteiger partial charge on any atom is -0.449 e. The molecule has 0 radical (unpaired) electrons. The molecule has 0 aliphatic heterocycles. The second-order valence-corrected chi connectivity index (χ2v) is 9.22. The van der Waals surface area contributed by atoms with Crippen molar-refractivity contribution in [1.29, 1.82) is 0 Å². The van der Waals surface area contributed by atoms with Crippen LogP contribution in [0.15, 0.2) is 59.5 Å². The molecule has 3 aromatic heterocycles. The molecular weight excluding hydrogens is 472 g/mol. The van der Waals surface area contributed by atoms with Gasteiger partial charge in [0.05, 0.1) is 33.9 Å². The number of rotatable bonds is 6. The Morgan fingerprint density at radius 3 is 2.46 bits per heavy atom. The number of anilines is 1. The van der Waals surface area contributed by atoms with Crippen LogP contribution in [0.2, 0.25) is 0 Å². The zero-order valence-corrected chi connectivity index (χ0v) is 20.8. The summed E-state index contributed by atoms with van der Waals surface area (Å²) >= 11 is 0. The average Bonchev–Trinajstić information content (AvgIpc) is 3.46. The van der Waals surface area contributed by atoms with E-state index in [1.54, 1.807) is 35.1 Å². The Morgan fingerprint density at radius 2 is 1.73 bits per heavy atom. The van der Waals surface area contributed by atoms with E-state index in [0.717, 1.165) is 11.1 Å². The van der Waals surface area contributed by atoms with Gasteiger partial charge in [-0.2, -0.15) is 5.10 Å². The van der Waals surface area contributed by atoms with Crippen LogP contribution in [0.5, 0.6) is 0 Å². The predicted octanol–water partition coefficient (Wildman–Crippen LogP) is 4.34. The molecule has 3 heterocycles. The summed E-state index contributed by atoms with van der Waals surface area (Å²) in [7, 11) is 0. The summed E-state index contributed by atoms with van der Waals surface area (Å²) in [6.45, 7) is 7.47. The van der Waals surface area contributed by atoms with E-state index in [9.17, 15) is 14.4 Å². The lowest BCUT2D eigenvalue weighted by Gasteiger charge is -2.15. The van der Waals surface area contributed by atoms with Crippen LogP contribution < -0.4 is 11.0 Å². The number of imidazole rings is 1. The zero-order chi connectivity index (χ0) is 26.3. The summed E-state index contributed by atoms with van der Waals surface area (Å²) in [5, 5.41) is 7.69. The third-order valence-electron chi connectivity index (χ3n) is 6.06. The van der Waals surface area contributed by atoms with Gasteiger partial charge in [-0.3, -0.25) is 4.79 Å². The number of hydrogen-bond donors (Lipinski definition) is 3. The molecule has 0 aliphatic rings. The molecule has 1 atom stereocenters. The van der Waals surface area contributed by atoms with Crippen molar-refractivity contribution < 1.29 is 14.3 Å². The number of aromatic nitrogens is 5. The first-order valence-corrected chi connectivity index (χ1v) is 11.9. The van der Waals surface area contributed by atoms with E-state index in [0.29, 0.717) is 33.4 Å². The van der Waals surface area contributed by atoms with Crippen molar-refractivity contribution in [3.63, 3.8) is 0 Å². The Morgan fingerprint density at radius 1 is 1.00 bits per heavy atom. The molecule has 0 fully saturated rings. The summed E-state index contributed by atoms with van der Waals surface area (Å²) in [4.78, 5) is 47.7. The number of benzene rings is 2. The Bertz CT molecular complexity index is 1690. The van der Waals surface area contributed by atoms with Gasteiger partial charge >= 0.3 is 11.7 Å². The molecule has 37 heavy (non-hydrogen) atoms. The molecule has 5 aromatic rings. The molecule has 0 spiro atoms. The second-order valence-electron chi connectivity index (χ2n) is 9.22. The second kappa shape index (κ2) is 9.38. The number of aromatic amines is 2. The third-order valence-corrected chi connectivity index (χ3v) is 6.06. The van der Waals surface area contributed by atoms with E-state index in [1.807, 2.05) is 45.0 Å². The molecule has 5 rings (SSSR count). The molecule has 188 valence electrons. The Balaban J connectivity index is 1.42. The van der Waals surface area contributed by atoms with Gasteiger partial charge in [0.2, 0.25) is 0 Å². The van der Waals surface area contributed by atoms with Crippen LogP contribution in [0.3, 0.4) is 0 Å². The highest BCUT2D eigenvalue weighted by Crippen LogP contribution is 2.27. The minimum atomic E-state index is -1.08. The number of pyridine rings is 1. The molecule has 2 aromatic carbocycles. The maximum Gasteiger partial charge on any atom is 0.339 e. The molecule has 0 aliphatic carbocycles. The highest BCUT2D eigenvalue weighted by atomic mass is 16.5. The maximum absolute atomic E-state index is 13.3. The zero-order valence-electron chi connectivity index (χ0n) is 20.8. The first kappa shape index (κ1) is 24.0. The van der Waals surface area contributed by atoms with Gasteiger partial charge in [0.1, 0.15) is 0 Å². The number of nitrogens with zero attached hydrogens (tertiary/aromatic N) is 3. The van der Waals surface area contributed by atoms with Gasteiger partial charge in [-0.1, -0.05) is 29.8 Å². The van der Waals surface area contributed by atoms with Crippen LogP contribution in [0.1, 0.15) is 42.7 Å². The lowest BCUT2D eigenvalue weighted by atomic mass is 10.1. The molecule has 0 saturated carbocycles. The van der Waals surface area contributed by atoms with Crippen LogP contribution >= 0.6 is 0 Å². The maximum atomic E-state index is 13.3. The largest absolute Gasteiger partial charge is 0.449 e. The van der Waals surface area contributed by atoms with Crippen LogP contribution in [0, 0.1) is 6.92 Å². The fraction of sp³-hybridized carbons (Fsp3) is 0.222. The number of aryl methyl sites for hydroxylation is 1. The smallest absolute Gasteiger partial charge is 0.339 e. The van der Waals surface area contributed by atoms with Crippen molar-refractivity contribution in [1.82, 2.24) is 24.7 Å². The van der Waals surface area contributed by atoms with Crippen molar-refractivity contribution >= 4 is 39.6 Å². The van der Waals surface area contributed by atoms with Crippen LogP contribution in [-0.4, -0.2) is 42.7 Å². The van der Waals surface area contributed by atoms with Crippen LogP contribution in [0.25, 0.3) is 33.3 Å². The third kappa shape index (κ3) is 4.73. The van der Waals surface area contributed by atoms with E-state index >= 15 is 0 Å². The molecular formula is C27H26N6O4. The summed E-state index contributed by atoms with van der Waals surface area (Å²) in [6, 6.07) is 14.5. The summed E-state index contributed by atoms with van der Waals surface area (Å²) in [5.74, 6) is -1.16. The van der Waals surface area contributed by atoms with Gasteiger partial charge in [-0.25, -0.2) is 19.3 Å². The summed E-state index contributed by atoms with van der Waals surface area (Å²) in [6.07, 6.45) is 0.509. The first-order valence-electron chi connectivity index (χ1n) is 11.9. The lowest BCUT2D eigenvalue weighted by molar-refractivity contribution is -0.123. The Hall–Kier alpha value is -4.73. The van der Waals surface area contributed by atoms with E-state index in [1.165, 1.54) is 6.92 Å². The standard InChI is InChI=1S/C27H26N6O4/c1-14(2)33-24-20(13-28-33)19(12-22(30-24)17-7-5-15(3)6-8-17)26(35)37-16(4)25(34)29-18-9-10-21-23(11-18)32-27(36)31-21/h5-14,16H,1-4H3,(H,29,34)(H2,31,32,36).